The lowest BCUT2D eigenvalue weighted by Gasteiger charge is -2.40. The third-order valence-corrected chi connectivity index (χ3v) is 13.7. The molecular formula is C65H110O12. The number of carbonyl (C=O) groups excluding carboxylic acids is 3. The van der Waals surface area contributed by atoms with E-state index < -0.39 is 67.3 Å². The van der Waals surface area contributed by atoms with Gasteiger partial charge in [-0.3, -0.25) is 14.4 Å². The van der Waals surface area contributed by atoms with E-state index in [0.717, 1.165) is 135 Å². The molecule has 0 amide bonds. The Kier molecular flexibility index (Phi) is 48.8. The number of rotatable bonds is 52. The first-order chi connectivity index (χ1) is 37.6. The molecule has 1 fully saturated rings. The molecule has 0 spiro atoms. The number of esters is 3. The van der Waals surface area contributed by atoms with Gasteiger partial charge in [-0.15, -0.1) is 0 Å². The summed E-state index contributed by atoms with van der Waals surface area (Å²) in [5.74, 6) is -3.16. The Morgan fingerprint density at radius 2 is 0.844 bits per heavy atom. The minimum atomic E-state index is -1.91. The first-order valence-electron chi connectivity index (χ1n) is 30.9. The summed E-state index contributed by atoms with van der Waals surface area (Å²) >= 11 is 0. The molecule has 0 aromatic carbocycles. The van der Waals surface area contributed by atoms with Gasteiger partial charge in [0.05, 0.1) is 6.61 Å². The van der Waals surface area contributed by atoms with Crippen LogP contribution in [-0.2, 0) is 42.9 Å². The predicted molar refractivity (Wildman–Crippen MR) is 312 cm³/mol. The number of aliphatic hydroxyl groups excluding tert-OH is 2. The van der Waals surface area contributed by atoms with Crippen molar-refractivity contribution in [2.45, 2.75) is 302 Å². The van der Waals surface area contributed by atoms with Gasteiger partial charge in [-0.25, -0.2) is 4.79 Å². The lowest BCUT2D eigenvalue weighted by Crippen LogP contribution is -2.61. The van der Waals surface area contributed by atoms with Crippen molar-refractivity contribution >= 4 is 23.9 Å². The molecule has 0 aromatic heterocycles. The monoisotopic (exact) mass is 1080 g/mol. The van der Waals surface area contributed by atoms with E-state index in [2.05, 4.69) is 93.7 Å². The standard InChI is InChI=1S/C65H110O12/c1-4-7-10-13-16-19-22-25-27-28-29-30-32-35-38-41-44-47-50-53-59(68)76-63-61(70)60(69)62(64(71)72)77-65(63)74-55-56(75-58(67)52-49-46-43-40-37-33-24-21-18-15-12-9-6-3)54-73-57(66)51-48-45-42-39-36-34-31-26-23-20-17-14-11-8-5-2/h8,11-12,15,17,20-21,24-27,31,56,60-63,65,69-70H,4-7,9-10,13-14,16,18-19,22-23,28-30,32-55H2,1-3H3,(H,71,72)/b11-8-,15-12-,20-17-,24-21-,27-25-,31-26-. The molecule has 0 radical (unpaired) electrons. The molecule has 1 aliphatic heterocycles. The van der Waals surface area contributed by atoms with Gasteiger partial charge in [0.1, 0.15) is 18.8 Å². The van der Waals surface area contributed by atoms with Crippen LogP contribution in [0.1, 0.15) is 265 Å². The number of hydrogen-bond donors (Lipinski definition) is 3. The van der Waals surface area contributed by atoms with E-state index in [4.69, 9.17) is 23.7 Å². The van der Waals surface area contributed by atoms with Crippen LogP contribution in [0.5, 0.6) is 0 Å². The van der Waals surface area contributed by atoms with Gasteiger partial charge in [0.15, 0.2) is 24.6 Å². The van der Waals surface area contributed by atoms with Gasteiger partial charge >= 0.3 is 23.9 Å². The Morgan fingerprint density at radius 1 is 0.442 bits per heavy atom. The van der Waals surface area contributed by atoms with Gasteiger partial charge in [0, 0.05) is 19.3 Å². The van der Waals surface area contributed by atoms with Crippen molar-refractivity contribution in [3.63, 3.8) is 0 Å². The zero-order chi connectivity index (χ0) is 56.1. The van der Waals surface area contributed by atoms with Crippen molar-refractivity contribution in [3.05, 3.63) is 72.9 Å². The molecule has 1 rings (SSSR count). The Balaban J connectivity index is 2.67. The van der Waals surface area contributed by atoms with E-state index in [1.165, 1.54) is 70.6 Å². The second kappa shape index (κ2) is 52.8. The highest BCUT2D eigenvalue weighted by Crippen LogP contribution is 2.26. The molecule has 0 saturated carbocycles. The number of allylic oxidation sites excluding steroid dienone is 12. The van der Waals surface area contributed by atoms with E-state index >= 15 is 0 Å². The maximum Gasteiger partial charge on any atom is 0.335 e. The van der Waals surface area contributed by atoms with Crippen LogP contribution in [0.15, 0.2) is 72.9 Å². The summed E-state index contributed by atoms with van der Waals surface area (Å²) in [7, 11) is 0. The highest BCUT2D eigenvalue weighted by Gasteiger charge is 2.50. The van der Waals surface area contributed by atoms with Crippen molar-refractivity contribution in [2.24, 2.45) is 0 Å². The van der Waals surface area contributed by atoms with Gasteiger partial charge in [-0.1, -0.05) is 216 Å². The van der Waals surface area contributed by atoms with Crippen LogP contribution in [0, 0.1) is 0 Å². The van der Waals surface area contributed by atoms with Gasteiger partial charge in [-0.05, 0) is 103 Å². The van der Waals surface area contributed by atoms with Gasteiger partial charge in [-0.2, -0.15) is 0 Å². The molecule has 77 heavy (non-hydrogen) atoms. The summed E-state index contributed by atoms with van der Waals surface area (Å²) in [6.07, 6.45) is 54.4. The summed E-state index contributed by atoms with van der Waals surface area (Å²) in [5.41, 5.74) is 0. The van der Waals surface area contributed by atoms with Gasteiger partial charge in [0.25, 0.3) is 0 Å². The lowest BCUT2D eigenvalue weighted by atomic mass is 9.98. The third kappa shape index (κ3) is 42.7. The molecule has 1 heterocycles. The summed E-state index contributed by atoms with van der Waals surface area (Å²) in [4.78, 5) is 51.2. The lowest BCUT2D eigenvalue weighted by molar-refractivity contribution is -0.301. The van der Waals surface area contributed by atoms with Crippen molar-refractivity contribution in [2.75, 3.05) is 13.2 Å². The second-order valence-corrected chi connectivity index (χ2v) is 20.9. The molecule has 0 aliphatic carbocycles. The molecule has 3 N–H and O–H groups in total. The summed E-state index contributed by atoms with van der Waals surface area (Å²) in [5, 5.41) is 31.5. The Bertz CT molecular complexity index is 1620. The van der Waals surface area contributed by atoms with E-state index in [-0.39, 0.29) is 25.9 Å². The highest BCUT2D eigenvalue weighted by molar-refractivity contribution is 5.74. The molecular weight excluding hydrogens is 973 g/mol. The molecule has 6 unspecified atom stereocenters. The average Bonchev–Trinajstić information content (AvgIpc) is 3.42. The topological polar surface area (TPSA) is 175 Å². The van der Waals surface area contributed by atoms with Crippen LogP contribution in [0.3, 0.4) is 0 Å². The number of aliphatic hydroxyl groups is 2. The fraction of sp³-hybridized carbons (Fsp3) is 0.754. The fourth-order valence-electron chi connectivity index (χ4n) is 9.00. The summed E-state index contributed by atoms with van der Waals surface area (Å²) < 4.78 is 28.4. The zero-order valence-electron chi connectivity index (χ0n) is 48.7. The largest absolute Gasteiger partial charge is 0.479 e. The fourth-order valence-corrected chi connectivity index (χ4v) is 9.00. The highest BCUT2D eigenvalue weighted by atomic mass is 16.7. The zero-order valence-corrected chi connectivity index (χ0v) is 48.7. The average molecular weight is 1080 g/mol. The number of carboxylic acid groups (broad SMARTS) is 1. The van der Waals surface area contributed by atoms with Crippen LogP contribution >= 0.6 is 0 Å². The van der Waals surface area contributed by atoms with E-state index in [9.17, 15) is 34.5 Å². The van der Waals surface area contributed by atoms with Crippen molar-refractivity contribution in [3.8, 4) is 0 Å². The molecule has 12 nitrogen and oxygen atoms in total. The molecule has 0 bridgehead atoms. The van der Waals surface area contributed by atoms with Crippen molar-refractivity contribution in [1.29, 1.82) is 0 Å². The Hall–Kier alpha value is -3.84. The Morgan fingerprint density at radius 3 is 1.31 bits per heavy atom. The molecule has 442 valence electrons. The van der Waals surface area contributed by atoms with Crippen LogP contribution in [0.2, 0.25) is 0 Å². The quantitative estimate of drug-likeness (QED) is 0.0228. The number of ether oxygens (including phenoxy) is 5. The second-order valence-electron chi connectivity index (χ2n) is 20.9. The minimum absolute atomic E-state index is 0.0537. The predicted octanol–water partition coefficient (Wildman–Crippen LogP) is 16.1. The Labute approximate surface area is 468 Å². The molecule has 6 atom stereocenters. The van der Waals surface area contributed by atoms with Crippen LogP contribution in [0.4, 0.5) is 0 Å². The number of carboxylic acids is 1. The minimum Gasteiger partial charge on any atom is -0.479 e. The molecule has 1 aliphatic rings. The third-order valence-electron chi connectivity index (χ3n) is 13.7. The van der Waals surface area contributed by atoms with E-state index in [1.807, 2.05) is 0 Å². The summed E-state index contributed by atoms with van der Waals surface area (Å²) in [6, 6.07) is 0. The van der Waals surface area contributed by atoms with Gasteiger partial charge < -0.3 is 39.0 Å². The van der Waals surface area contributed by atoms with Crippen LogP contribution in [-0.4, -0.2) is 89.2 Å². The van der Waals surface area contributed by atoms with Crippen LogP contribution in [0.25, 0.3) is 0 Å². The van der Waals surface area contributed by atoms with Gasteiger partial charge in [0.2, 0.25) is 0 Å². The maximum atomic E-state index is 13.1. The SMILES string of the molecule is CC/C=C\C/C=C\C/C=C\CCCCCCCC(=O)OCC(COC1OC(C(=O)O)C(O)C(O)C1OC(=O)CCCCCCCCCCC/C=C\CCCCCCCC)OC(=O)CCCCCCC/C=C\C/C=C\CCC. The number of aliphatic carboxylic acids is 1. The van der Waals surface area contributed by atoms with E-state index in [1.54, 1.807) is 0 Å². The molecule has 0 aromatic rings. The summed E-state index contributed by atoms with van der Waals surface area (Å²) in [6.45, 7) is 5.80. The van der Waals surface area contributed by atoms with Crippen molar-refractivity contribution < 1.29 is 58.2 Å². The van der Waals surface area contributed by atoms with Crippen LogP contribution < -0.4 is 0 Å². The molecule has 1 saturated heterocycles. The maximum absolute atomic E-state index is 13.1. The first kappa shape index (κ1) is 71.2. The smallest absolute Gasteiger partial charge is 0.335 e. The molecule has 12 heteroatoms. The van der Waals surface area contributed by atoms with Crippen molar-refractivity contribution in [1.82, 2.24) is 0 Å². The normalized spacial score (nSPS) is 18.5. The number of carbonyl (C=O) groups is 4. The first-order valence-corrected chi connectivity index (χ1v) is 30.9. The van der Waals surface area contributed by atoms with E-state index in [0.29, 0.717) is 19.3 Å². The number of unbranched alkanes of at least 4 members (excludes halogenated alkanes) is 26. The number of hydrogen-bond acceptors (Lipinski definition) is 11.